The Morgan fingerprint density at radius 3 is 2.80 bits per heavy atom. The van der Waals surface area contributed by atoms with E-state index in [1.54, 1.807) is 12.3 Å². The molecule has 76 valence electrons. The zero-order valence-electron chi connectivity index (χ0n) is 7.72. The van der Waals surface area contributed by atoms with E-state index in [0.29, 0.717) is 10.7 Å². The van der Waals surface area contributed by atoms with Crippen LogP contribution < -0.4 is 5.73 Å². The molecule has 5 heteroatoms. The molecule has 0 aliphatic heterocycles. The average Bonchev–Trinajstić information content (AvgIpc) is 2.25. The first-order chi connectivity index (χ1) is 7.27. The van der Waals surface area contributed by atoms with Crippen molar-refractivity contribution in [1.82, 2.24) is 9.97 Å². The molecule has 1 aromatic carbocycles. The van der Waals surface area contributed by atoms with E-state index >= 15 is 0 Å². The summed E-state index contributed by atoms with van der Waals surface area (Å²) in [6, 6.07) is 7.26. The van der Waals surface area contributed by atoms with Gasteiger partial charge in [-0.3, -0.25) is 0 Å². The lowest BCUT2D eigenvalue weighted by Crippen LogP contribution is -1.89. The number of halogens is 1. The van der Waals surface area contributed by atoms with Crippen molar-refractivity contribution in [2.45, 2.75) is 9.92 Å². The Balaban J connectivity index is 2.32. The molecule has 0 unspecified atom stereocenters. The summed E-state index contributed by atoms with van der Waals surface area (Å²) in [5.74, 6) is 0. The Morgan fingerprint density at radius 2 is 2.13 bits per heavy atom. The Bertz CT molecular complexity index is 441. The first-order valence-corrected chi connectivity index (χ1v) is 5.44. The largest absolute Gasteiger partial charge is 0.398 e. The summed E-state index contributed by atoms with van der Waals surface area (Å²) in [6.45, 7) is 0. The Morgan fingerprint density at radius 1 is 1.27 bits per heavy atom. The van der Waals surface area contributed by atoms with Crippen LogP contribution in [0.1, 0.15) is 0 Å². The zero-order valence-corrected chi connectivity index (χ0v) is 9.29. The van der Waals surface area contributed by atoms with E-state index in [4.69, 9.17) is 17.3 Å². The molecule has 1 aromatic heterocycles. The van der Waals surface area contributed by atoms with Crippen molar-refractivity contribution in [3.63, 3.8) is 0 Å². The number of nitrogens with two attached hydrogens (primary N) is 1. The molecule has 0 amide bonds. The van der Waals surface area contributed by atoms with E-state index in [9.17, 15) is 0 Å². The Hall–Kier alpha value is -1.26. The summed E-state index contributed by atoms with van der Waals surface area (Å²) in [7, 11) is 0. The molecule has 3 nitrogen and oxygen atoms in total. The van der Waals surface area contributed by atoms with Crippen molar-refractivity contribution >= 4 is 29.1 Å². The molecule has 0 saturated heterocycles. The van der Waals surface area contributed by atoms with Crippen molar-refractivity contribution < 1.29 is 0 Å². The molecule has 0 radical (unpaired) electrons. The molecule has 15 heavy (non-hydrogen) atoms. The van der Waals surface area contributed by atoms with Crippen LogP contribution in [0.3, 0.4) is 0 Å². The third-order valence-electron chi connectivity index (χ3n) is 1.76. The van der Waals surface area contributed by atoms with Crippen molar-refractivity contribution in [3.05, 3.63) is 41.8 Å². The van der Waals surface area contributed by atoms with Gasteiger partial charge in [-0.25, -0.2) is 9.97 Å². The van der Waals surface area contributed by atoms with Crippen molar-refractivity contribution in [3.8, 4) is 0 Å². The van der Waals surface area contributed by atoms with E-state index < -0.39 is 0 Å². The minimum atomic E-state index is 0.638. The van der Waals surface area contributed by atoms with Crippen molar-refractivity contribution in [2.24, 2.45) is 0 Å². The number of benzene rings is 1. The summed E-state index contributed by atoms with van der Waals surface area (Å²) in [6.07, 6.45) is 3.18. The molecule has 1 heterocycles. The van der Waals surface area contributed by atoms with Gasteiger partial charge in [0.15, 0.2) is 0 Å². The molecule has 2 aromatic rings. The van der Waals surface area contributed by atoms with Gasteiger partial charge in [0.05, 0.1) is 9.92 Å². The van der Waals surface area contributed by atoms with Gasteiger partial charge in [-0.1, -0.05) is 29.4 Å². The predicted octanol–water partition coefficient (Wildman–Crippen LogP) is 2.86. The van der Waals surface area contributed by atoms with Gasteiger partial charge in [0.25, 0.3) is 0 Å². The lowest BCUT2D eigenvalue weighted by atomic mass is 10.3. The summed E-state index contributed by atoms with van der Waals surface area (Å²) >= 11 is 7.47. The highest BCUT2D eigenvalue weighted by Crippen LogP contribution is 2.36. The summed E-state index contributed by atoms with van der Waals surface area (Å²) < 4.78 is 0. The van der Waals surface area contributed by atoms with E-state index in [-0.39, 0.29) is 0 Å². The lowest BCUT2D eigenvalue weighted by molar-refractivity contribution is 1.05. The number of hydrogen-bond acceptors (Lipinski definition) is 4. The number of rotatable bonds is 2. The van der Waals surface area contributed by atoms with E-state index in [1.807, 2.05) is 18.2 Å². The van der Waals surface area contributed by atoms with Gasteiger partial charge in [0.2, 0.25) is 0 Å². The molecule has 0 spiro atoms. The molecule has 0 fully saturated rings. The van der Waals surface area contributed by atoms with Crippen LogP contribution in [0.15, 0.2) is 46.7 Å². The predicted molar refractivity (Wildman–Crippen MR) is 62.0 cm³/mol. The van der Waals surface area contributed by atoms with Crippen molar-refractivity contribution in [1.29, 1.82) is 0 Å². The molecule has 2 N–H and O–H groups in total. The van der Waals surface area contributed by atoms with Crippen LogP contribution >= 0.6 is 23.4 Å². The fourth-order valence-electron chi connectivity index (χ4n) is 1.08. The molecular weight excluding hydrogens is 230 g/mol. The summed E-state index contributed by atoms with van der Waals surface area (Å²) in [5.41, 5.74) is 6.48. The van der Waals surface area contributed by atoms with Crippen LogP contribution in [0, 0.1) is 0 Å². The van der Waals surface area contributed by atoms with Crippen LogP contribution in [0.25, 0.3) is 0 Å². The van der Waals surface area contributed by atoms with E-state index in [0.717, 1.165) is 9.92 Å². The fourth-order valence-corrected chi connectivity index (χ4v) is 2.16. The maximum absolute atomic E-state index is 6.04. The Labute approximate surface area is 96.7 Å². The molecule has 2 rings (SSSR count). The zero-order chi connectivity index (χ0) is 10.7. The topological polar surface area (TPSA) is 51.8 Å². The maximum Gasteiger partial charge on any atom is 0.116 e. The minimum Gasteiger partial charge on any atom is -0.398 e. The van der Waals surface area contributed by atoms with E-state index in [2.05, 4.69) is 9.97 Å². The highest BCUT2D eigenvalue weighted by Gasteiger charge is 2.06. The van der Waals surface area contributed by atoms with Crippen LogP contribution in [-0.4, -0.2) is 9.97 Å². The standard InChI is InChI=1S/C10H8ClN3S/c11-7-2-1-3-8(12)10(7)15-9-4-5-13-6-14-9/h1-6H,12H2. The third kappa shape index (κ3) is 2.40. The number of nitrogen functional groups attached to an aromatic ring is 1. The van der Waals surface area contributed by atoms with Crippen molar-refractivity contribution in [2.75, 3.05) is 5.73 Å². The molecule has 0 atom stereocenters. The lowest BCUT2D eigenvalue weighted by Gasteiger charge is -2.05. The molecule has 0 aliphatic rings. The first-order valence-electron chi connectivity index (χ1n) is 4.25. The number of nitrogens with zero attached hydrogens (tertiary/aromatic N) is 2. The van der Waals surface area contributed by atoms with Crippen LogP contribution in [0.5, 0.6) is 0 Å². The summed E-state index contributed by atoms with van der Waals surface area (Å²) in [5, 5.41) is 1.46. The highest BCUT2D eigenvalue weighted by molar-refractivity contribution is 7.99. The quantitative estimate of drug-likeness (QED) is 0.645. The summed E-state index contributed by atoms with van der Waals surface area (Å²) in [4.78, 5) is 8.77. The smallest absolute Gasteiger partial charge is 0.116 e. The van der Waals surface area contributed by atoms with Gasteiger partial charge < -0.3 is 5.73 Å². The molecule has 0 saturated carbocycles. The second-order valence-corrected chi connectivity index (χ2v) is 4.25. The van der Waals surface area contributed by atoms with Gasteiger partial charge in [0.1, 0.15) is 11.4 Å². The fraction of sp³-hybridized carbons (Fsp3) is 0. The van der Waals surface area contributed by atoms with Crippen LogP contribution in [0.2, 0.25) is 5.02 Å². The molecule has 0 aliphatic carbocycles. The first kappa shape index (κ1) is 10.3. The Kier molecular flexibility index (Phi) is 3.08. The maximum atomic E-state index is 6.04. The third-order valence-corrected chi connectivity index (χ3v) is 3.30. The molecule has 0 bridgehead atoms. The van der Waals surface area contributed by atoms with Crippen LogP contribution in [-0.2, 0) is 0 Å². The number of anilines is 1. The van der Waals surface area contributed by atoms with Crippen LogP contribution in [0.4, 0.5) is 5.69 Å². The monoisotopic (exact) mass is 237 g/mol. The van der Waals surface area contributed by atoms with Gasteiger partial charge >= 0.3 is 0 Å². The second-order valence-electron chi connectivity index (χ2n) is 2.81. The average molecular weight is 238 g/mol. The molecular formula is C10H8ClN3S. The SMILES string of the molecule is Nc1cccc(Cl)c1Sc1ccncn1. The van der Waals surface area contributed by atoms with Gasteiger partial charge in [-0.2, -0.15) is 0 Å². The van der Waals surface area contributed by atoms with E-state index in [1.165, 1.54) is 18.1 Å². The normalized spacial score (nSPS) is 10.2. The second kappa shape index (κ2) is 4.51. The number of hydrogen-bond donors (Lipinski definition) is 1. The van der Waals surface area contributed by atoms with Gasteiger partial charge in [0, 0.05) is 11.9 Å². The highest BCUT2D eigenvalue weighted by atomic mass is 35.5. The van der Waals surface area contributed by atoms with Gasteiger partial charge in [-0.05, 0) is 18.2 Å². The number of aromatic nitrogens is 2. The van der Waals surface area contributed by atoms with Gasteiger partial charge in [-0.15, -0.1) is 0 Å². The minimum absolute atomic E-state index is 0.638.